The van der Waals surface area contributed by atoms with Gasteiger partial charge in [-0.3, -0.25) is 4.79 Å². The SMILES string of the molecule is C=CCC(=O)[CH]S(=O)(=O)CC=C. The van der Waals surface area contributed by atoms with Gasteiger partial charge in [-0.1, -0.05) is 12.2 Å². The summed E-state index contributed by atoms with van der Waals surface area (Å²) in [6.45, 7) is 6.59. The molecule has 0 aliphatic rings. The fourth-order valence-corrected chi connectivity index (χ4v) is 1.52. The van der Waals surface area contributed by atoms with Crippen LogP contribution < -0.4 is 0 Å². The van der Waals surface area contributed by atoms with Gasteiger partial charge in [-0.2, -0.15) is 0 Å². The van der Waals surface area contributed by atoms with Gasteiger partial charge in [0.2, 0.25) is 0 Å². The van der Waals surface area contributed by atoms with Crippen molar-refractivity contribution in [2.75, 3.05) is 5.75 Å². The van der Waals surface area contributed by atoms with E-state index in [0.717, 1.165) is 5.75 Å². The summed E-state index contributed by atoms with van der Waals surface area (Å²) in [6.07, 6.45) is 2.66. The Kier molecular flexibility index (Phi) is 4.51. The van der Waals surface area contributed by atoms with Gasteiger partial charge in [0.05, 0.1) is 5.75 Å². The second-order valence-corrected chi connectivity index (χ2v) is 4.09. The molecule has 12 heavy (non-hydrogen) atoms. The summed E-state index contributed by atoms with van der Waals surface area (Å²) in [5, 5.41) is 0. The monoisotopic (exact) mass is 187 g/mol. The molecule has 0 aromatic carbocycles. The van der Waals surface area contributed by atoms with Crippen molar-refractivity contribution in [3.8, 4) is 0 Å². The number of hydrogen-bond donors (Lipinski definition) is 0. The maximum absolute atomic E-state index is 10.9. The molecule has 0 unspecified atom stereocenters. The first kappa shape index (κ1) is 11.1. The maximum atomic E-state index is 10.9. The highest BCUT2D eigenvalue weighted by Crippen LogP contribution is 2.00. The largest absolute Gasteiger partial charge is 0.298 e. The molecule has 0 aliphatic carbocycles. The predicted molar refractivity (Wildman–Crippen MR) is 48.1 cm³/mol. The Morgan fingerprint density at radius 3 is 2.25 bits per heavy atom. The van der Waals surface area contributed by atoms with E-state index >= 15 is 0 Å². The van der Waals surface area contributed by atoms with Crippen LogP contribution in [0.2, 0.25) is 0 Å². The van der Waals surface area contributed by atoms with E-state index in [1.807, 2.05) is 0 Å². The molecule has 0 N–H and O–H groups in total. The number of rotatable bonds is 6. The van der Waals surface area contributed by atoms with Crippen molar-refractivity contribution in [1.82, 2.24) is 0 Å². The van der Waals surface area contributed by atoms with Crippen LogP contribution in [0.25, 0.3) is 0 Å². The zero-order chi connectivity index (χ0) is 9.61. The van der Waals surface area contributed by atoms with E-state index in [2.05, 4.69) is 13.2 Å². The van der Waals surface area contributed by atoms with Crippen molar-refractivity contribution >= 4 is 15.6 Å². The topological polar surface area (TPSA) is 51.2 Å². The van der Waals surface area contributed by atoms with Crippen molar-refractivity contribution in [2.24, 2.45) is 0 Å². The molecule has 0 heterocycles. The number of sulfone groups is 1. The first-order valence-corrected chi connectivity index (χ1v) is 5.05. The van der Waals surface area contributed by atoms with Gasteiger partial charge in [0.15, 0.2) is 15.6 Å². The molecule has 1 radical (unpaired) electrons. The molecule has 4 heteroatoms. The number of ketones is 1. The zero-order valence-corrected chi connectivity index (χ0v) is 7.51. The lowest BCUT2D eigenvalue weighted by Crippen LogP contribution is -2.11. The highest BCUT2D eigenvalue weighted by molar-refractivity contribution is 7.94. The molecule has 0 aliphatic heterocycles. The third kappa shape index (κ3) is 4.85. The van der Waals surface area contributed by atoms with Crippen LogP contribution in [0.3, 0.4) is 0 Å². The molecular formula is C8H11O3S. The standard InChI is InChI=1S/C8H11O3S/c1-3-5-8(9)7-12(10,11)6-4-2/h3-4,7H,1-2,5-6H2. The number of hydrogen-bond acceptors (Lipinski definition) is 3. The summed E-state index contributed by atoms with van der Waals surface area (Å²) in [5.74, 6) is 0.0681. The van der Waals surface area contributed by atoms with Crippen molar-refractivity contribution in [2.45, 2.75) is 6.42 Å². The molecule has 0 atom stereocenters. The first-order chi connectivity index (χ1) is 5.52. The van der Waals surface area contributed by atoms with Gasteiger partial charge in [0.1, 0.15) is 5.75 Å². The Bertz CT molecular complexity index is 275. The summed E-state index contributed by atoms with van der Waals surface area (Å²) >= 11 is 0. The number of carbonyl (C=O) groups is 1. The molecule has 0 aromatic rings. The second-order valence-electron chi connectivity index (χ2n) is 2.20. The van der Waals surface area contributed by atoms with E-state index in [0.29, 0.717) is 0 Å². The maximum Gasteiger partial charge on any atom is 0.165 e. The minimum atomic E-state index is -3.39. The van der Waals surface area contributed by atoms with Crippen molar-refractivity contribution in [3.05, 3.63) is 31.1 Å². The summed E-state index contributed by atoms with van der Waals surface area (Å²) in [5.41, 5.74) is 0. The van der Waals surface area contributed by atoms with Crippen LogP contribution in [-0.4, -0.2) is 20.0 Å². The average molecular weight is 187 g/mol. The summed E-state index contributed by atoms with van der Waals surface area (Å²) in [6, 6.07) is 0. The lowest BCUT2D eigenvalue weighted by molar-refractivity contribution is -0.114. The van der Waals surface area contributed by atoms with E-state index in [4.69, 9.17) is 0 Å². The van der Waals surface area contributed by atoms with Gasteiger partial charge in [0.25, 0.3) is 0 Å². The Morgan fingerprint density at radius 2 is 1.83 bits per heavy atom. The van der Waals surface area contributed by atoms with E-state index in [1.165, 1.54) is 12.2 Å². The minimum Gasteiger partial charge on any atom is -0.298 e. The van der Waals surface area contributed by atoms with Gasteiger partial charge in [-0.25, -0.2) is 8.42 Å². The Morgan fingerprint density at radius 1 is 1.25 bits per heavy atom. The molecule has 0 fully saturated rings. The van der Waals surface area contributed by atoms with Crippen molar-refractivity contribution in [1.29, 1.82) is 0 Å². The lowest BCUT2D eigenvalue weighted by atomic mass is 10.3. The predicted octanol–water partition coefficient (Wildman–Crippen LogP) is 0.894. The van der Waals surface area contributed by atoms with E-state index in [9.17, 15) is 13.2 Å². The van der Waals surface area contributed by atoms with Gasteiger partial charge in [-0.05, 0) is 0 Å². The minimum absolute atomic E-state index is 0.0520. The molecule has 0 spiro atoms. The Balaban J connectivity index is 4.15. The van der Waals surface area contributed by atoms with Gasteiger partial charge in [-0.15, -0.1) is 13.2 Å². The zero-order valence-electron chi connectivity index (χ0n) is 6.69. The summed E-state index contributed by atoms with van der Waals surface area (Å²) in [7, 11) is -3.39. The lowest BCUT2D eigenvalue weighted by Gasteiger charge is -1.96. The Hall–Kier alpha value is -0.900. The molecule has 0 rings (SSSR count). The van der Waals surface area contributed by atoms with Crippen molar-refractivity contribution in [3.63, 3.8) is 0 Å². The first-order valence-electron chi connectivity index (χ1n) is 3.34. The molecule has 0 saturated carbocycles. The van der Waals surface area contributed by atoms with Gasteiger partial charge in [0, 0.05) is 6.42 Å². The van der Waals surface area contributed by atoms with Crippen LogP contribution in [0.15, 0.2) is 25.3 Å². The smallest absolute Gasteiger partial charge is 0.165 e. The van der Waals surface area contributed by atoms with E-state index < -0.39 is 15.6 Å². The molecule has 0 aromatic heterocycles. The summed E-state index contributed by atoms with van der Waals surface area (Å²) < 4.78 is 21.9. The highest BCUT2D eigenvalue weighted by Gasteiger charge is 2.14. The van der Waals surface area contributed by atoms with E-state index in [-0.39, 0.29) is 12.2 Å². The average Bonchev–Trinajstić information content (AvgIpc) is 1.85. The van der Waals surface area contributed by atoms with E-state index in [1.54, 1.807) is 0 Å². The normalized spacial score (nSPS) is 10.7. The van der Waals surface area contributed by atoms with Crippen LogP contribution in [0.4, 0.5) is 0 Å². The number of allylic oxidation sites excluding steroid dienone is 1. The molecule has 0 saturated heterocycles. The van der Waals surface area contributed by atoms with Crippen LogP contribution in [0, 0.1) is 5.75 Å². The van der Waals surface area contributed by atoms with Crippen LogP contribution in [0.5, 0.6) is 0 Å². The molecule has 67 valence electrons. The van der Waals surface area contributed by atoms with Gasteiger partial charge < -0.3 is 0 Å². The fraction of sp³-hybridized carbons (Fsp3) is 0.250. The van der Waals surface area contributed by atoms with Crippen LogP contribution >= 0.6 is 0 Å². The molecule has 3 nitrogen and oxygen atoms in total. The summed E-state index contributed by atoms with van der Waals surface area (Å²) in [4.78, 5) is 10.8. The number of carbonyl (C=O) groups excluding carboxylic acids is 1. The van der Waals surface area contributed by atoms with Gasteiger partial charge >= 0.3 is 0 Å². The second kappa shape index (κ2) is 4.87. The van der Waals surface area contributed by atoms with Crippen molar-refractivity contribution < 1.29 is 13.2 Å². The third-order valence-corrected chi connectivity index (χ3v) is 2.33. The fourth-order valence-electron chi connectivity index (χ4n) is 0.603. The molecule has 0 amide bonds. The third-order valence-electron chi connectivity index (χ3n) is 1.01. The number of Topliss-reactive ketones (excluding diaryl/α,β-unsaturated/α-hetero) is 1. The molecular weight excluding hydrogens is 176 g/mol. The highest BCUT2D eigenvalue weighted by atomic mass is 32.2. The van der Waals surface area contributed by atoms with Crippen LogP contribution in [-0.2, 0) is 14.6 Å². The molecule has 0 bridgehead atoms. The van der Waals surface area contributed by atoms with Crippen LogP contribution in [0.1, 0.15) is 6.42 Å². The quantitative estimate of drug-likeness (QED) is 0.580. The Labute approximate surface area is 72.7 Å².